The first-order chi connectivity index (χ1) is 10.7. The summed E-state index contributed by atoms with van der Waals surface area (Å²) in [4.78, 5) is 13.3. The molecule has 0 aromatic carbocycles. The molecule has 0 bridgehead atoms. The molecule has 0 radical (unpaired) electrons. The average Bonchev–Trinajstić information content (AvgIpc) is 2.68. The molecule has 4 aliphatic carbocycles. The maximum atomic E-state index is 13.3. The van der Waals surface area contributed by atoms with Gasteiger partial charge in [0.25, 0.3) is 0 Å². The molecule has 3 fully saturated rings. The van der Waals surface area contributed by atoms with E-state index >= 15 is 0 Å². The van der Waals surface area contributed by atoms with Gasteiger partial charge in [-0.1, -0.05) is 51.5 Å². The molecular weight excluding hydrogens is 280 g/mol. The molecule has 4 rings (SSSR count). The monoisotopic (exact) mass is 312 g/mol. The Morgan fingerprint density at radius 2 is 1.96 bits per heavy atom. The van der Waals surface area contributed by atoms with Crippen LogP contribution in [-0.2, 0) is 4.79 Å². The van der Waals surface area contributed by atoms with Crippen LogP contribution in [0.5, 0.6) is 0 Å². The Labute approximate surface area is 141 Å². The average molecular weight is 312 g/mol. The van der Waals surface area contributed by atoms with Gasteiger partial charge >= 0.3 is 0 Å². The summed E-state index contributed by atoms with van der Waals surface area (Å²) in [7, 11) is 0. The van der Waals surface area contributed by atoms with Crippen molar-refractivity contribution >= 4 is 5.78 Å². The van der Waals surface area contributed by atoms with Crippen molar-refractivity contribution < 1.29 is 4.79 Å². The Balaban J connectivity index is 1.76. The zero-order chi connectivity index (χ0) is 16.6. The molecule has 0 aromatic heterocycles. The predicted molar refractivity (Wildman–Crippen MR) is 94.9 cm³/mol. The van der Waals surface area contributed by atoms with Gasteiger partial charge in [-0.15, -0.1) is 0 Å². The molecule has 1 heteroatoms. The largest absolute Gasteiger partial charge is 0.299 e. The fourth-order valence-corrected chi connectivity index (χ4v) is 6.89. The van der Waals surface area contributed by atoms with Crippen molar-refractivity contribution in [3.8, 4) is 0 Å². The Bertz CT molecular complexity index is 595. The summed E-state index contributed by atoms with van der Waals surface area (Å²) in [6.07, 6.45) is 9.24. The number of rotatable bonds is 0. The van der Waals surface area contributed by atoms with E-state index in [1.54, 1.807) is 5.57 Å². The van der Waals surface area contributed by atoms with Crippen LogP contribution in [0.3, 0.4) is 0 Å². The Morgan fingerprint density at radius 1 is 1.22 bits per heavy atom. The molecule has 0 aliphatic heterocycles. The first kappa shape index (κ1) is 15.7. The number of Topliss-reactive ketones (excluding diaryl/α,β-unsaturated/α-hetero) is 1. The van der Waals surface area contributed by atoms with Crippen LogP contribution < -0.4 is 0 Å². The van der Waals surface area contributed by atoms with E-state index < -0.39 is 0 Å². The molecule has 3 saturated carbocycles. The van der Waals surface area contributed by atoms with Gasteiger partial charge in [0.15, 0.2) is 0 Å². The Morgan fingerprint density at radius 3 is 2.70 bits per heavy atom. The van der Waals surface area contributed by atoms with Gasteiger partial charge in [-0.05, 0) is 66.6 Å². The van der Waals surface area contributed by atoms with Crippen LogP contribution in [0.1, 0.15) is 66.2 Å². The van der Waals surface area contributed by atoms with Gasteiger partial charge in [-0.25, -0.2) is 0 Å². The normalized spacial score (nSPS) is 48.3. The number of carbonyl (C=O) groups excluding carboxylic acids is 1. The zero-order valence-electron chi connectivity index (χ0n) is 15.3. The van der Waals surface area contributed by atoms with Crippen LogP contribution >= 0.6 is 0 Å². The van der Waals surface area contributed by atoms with Crippen molar-refractivity contribution in [1.82, 2.24) is 0 Å². The Hall–Kier alpha value is -0.850. The minimum absolute atomic E-state index is 0.221. The standard InChI is InChI=1S/C22H32O/c1-13-6-7-16-15(10-13)11-14(2)19-17-8-9-21(3,4)22(17,5)12-18(23)20(16)19/h10,14,16-17,19-20H,1,6-9,11-12H2,2-5H3/t14-,16?,17?,19?,20?,22?/m1/s1. The number of hydrogen-bond acceptors (Lipinski definition) is 1. The number of ketones is 1. The van der Waals surface area contributed by atoms with Crippen LogP contribution in [-0.4, -0.2) is 5.78 Å². The molecule has 126 valence electrons. The van der Waals surface area contributed by atoms with Crippen molar-refractivity contribution in [3.63, 3.8) is 0 Å². The lowest BCUT2D eigenvalue weighted by atomic mass is 9.47. The molecule has 6 atom stereocenters. The zero-order valence-corrected chi connectivity index (χ0v) is 15.3. The highest BCUT2D eigenvalue weighted by molar-refractivity contribution is 5.84. The molecule has 0 spiro atoms. The lowest BCUT2D eigenvalue weighted by Gasteiger charge is -2.57. The molecule has 1 nitrogen and oxygen atoms in total. The third-order valence-corrected chi connectivity index (χ3v) is 8.53. The van der Waals surface area contributed by atoms with E-state index in [0.717, 1.165) is 25.2 Å². The van der Waals surface area contributed by atoms with Gasteiger partial charge in [0.05, 0.1) is 0 Å². The van der Waals surface area contributed by atoms with Crippen molar-refractivity contribution in [1.29, 1.82) is 0 Å². The van der Waals surface area contributed by atoms with E-state index in [1.807, 2.05) is 0 Å². The highest BCUT2D eigenvalue weighted by Crippen LogP contribution is 2.67. The maximum Gasteiger partial charge on any atom is 0.137 e. The fourth-order valence-electron chi connectivity index (χ4n) is 6.89. The van der Waals surface area contributed by atoms with Crippen LogP contribution in [0.15, 0.2) is 23.8 Å². The Kier molecular flexibility index (Phi) is 3.29. The highest BCUT2D eigenvalue weighted by atomic mass is 16.1. The van der Waals surface area contributed by atoms with E-state index in [4.69, 9.17) is 0 Å². The second-order valence-electron chi connectivity index (χ2n) is 9.90. The van der Waals surface area contributed by atoms with Gasteiger partial charge in [0, 0.05) is 12.3 Å². The summed E-state index contributed by atoms with van der Waals surface area (Å²) < 4.78 is 0. The van der Waals surface area contributed by atoms with Crippen molar-refractivity contribution in [2.45, 2.75) is 66.2 Å². The maximum absolute atomic E-state index is 13.3. The van der Waals surface area contributed by atoms with Crippen molar-refractivity contribution in [3.05, 3.63) is 23.8 Å². The van der Waals surface area contributed by atoms with Crippen LogP contribution in [0.25, 0.3) is 0 Å². The molecule has 4 aliphatic rings. The quantitative estimate of drug-likeness (QED) is 0.572. The first-order valence-electron chi connectivity index (χ1n) is 9.65. The molecule has 0 heterocycles. The van der Waals surface area contributed by atoms with Crippen LogP contribution in [0.4, 0.5) is 0 Å². The molecule has 0 N–H and O–H groups in total. The lowest BCUT2D eigenvalue weighted by molar-refractivity contribution is -0.146. The van der Waals surface area contributed by atoms with E-state index in [9.17, 15) is 4.79 Å². The number of fused-ring (bicyclic) bond motifs is 5. The molecule has 23 heavy (non-hydrogen) atoms. The van der Waals surface area contributed by atoms with Gasteiger partial charge in [0.1, 0.15) is 5.78 Å². The smallest absolute Gasteiger partial charge is 0.137 e. The van der Waals surface area contributed by atoms with Gasteiger partial charge in [-0.2, -0.15) is 0 Å². The molecular formula is C22H32O. The molecule has 5 unspecified atom stereocenters. The van der Waals surface area contributed by atoms with Crippen LogP contribution in [0, 0.1) is 40.4 Å². The van der Waals surface area contributed by atoms with E-state index in [0.29, 0.717) is 34.9 Å². The number of carbonyl (C=O) groups is 1. The lowest BCUT2D eigenvalue weighted by Crippen LogP contribution is -2.54. The highest BCUT2D eigenvalue weighted by Gasteiger charge is 2.62. The fraction of sp³-hybridized carbons (Fsp3) is 0.773. The summed E-state index contributed by atoms with van der Waals surface area (Å²) in [5.74, 6) is 3.44. The van der Waals surface area contributed by atoms with Crippen molar-refractivity contribution in [2.75, 3.05) is 0 Å². The SMILES string of the molecule is C=C1C=C2C[C@@H](C)C3C(C(=O)CC4(C)C3CCC4(C)C)C2CC1. The second-order valence-corrected chi connectivity index (χ2v) is 9.90. The third-order valence-electron chi connectivity index (χ3n) is 8.53. The van der Waals surface area contributed by atoms with Crippen molar-refractivity contribution in [2.24, 2.45) is 40.4 Å². The number of hydrogen-bond donors (Lipinski definition) is 0. The summed E-state index contributed by atoms with van der Waals surface area (Å²) in [5, 5.41) is 0. The van der Waals surface area contributed by atoms with Crippen LogP contribution in [0.2, 0.25) is 0 Å². The van der Waals surface area contributed by atoms with Gasteiger partial charge in [0.2, 0.25) is 0 Å². The summed E-state index contributed by atoms with van der Waals surface area (Å²) >= 11 is 0. The molecule has 0 saturated heterocycles. The molecule has 0 amide bonds. The second kappa shape index (κ2) is 4.83. The number of allylic oxidation sites excluding steroid dienone is 3. The minimum atomic E-state index is 0.221. The minimum Gasteiger partial charge on any atom is -0.299 e. The van der Waals surface area contributed by atoms with Gasteiger partial charge < -0.3 is 0 Å². The van der Waals surface area contributed by atoms with E-state index in [1.165, 1.54) is 24.8 Å². The van der Waals surface area contributed by atoms with Gasteiger partial charge in [-0.3, -0.25) is 4.79 Å². The summed E-state index contributed by atoms with van der Waals surface area (Å²) in [6.45, 7) is 13.8. The summed E-state index contributed by atoms with van der Waals surface area (Å²) in [5.41, 5.74) is 3.36. The predicted octanol–water partition coefficient (Wildman–Crippen LogP) is 5.57. The van der Waals surface area contributed by atoms with E-state index in [-0.39, 0.29) is 5.41 Å². The first-order valence-corrected chi connectivity index (χ1v) is 9.65. The van der Waals surface area contributed by atoms with E-state index in [2.05, 4.69) is 40.3 Å². The summed E-state index contributed by atoms with van der Waals surface area (Å²) in [6, 6.07) is 0. The molecule has 0 aromatic rings. The topological polar surface area (TPSA) is 17.1 Å². The third kappa shape index (κ3) is 2.01.